The molecule has 150 valence electrons. The predicted octanol–water partition coefficient (Wildman–Crippen LogP) is 1.75. The summed E-state index contributed by atoms with van der Waals surface area (Å²) in [5.41, 5.74) is 0.391. The van der Waals surface area contributed by atoms with Crippen molar-refractivity contribution in [1.82, 2.24) is 10.2 Å². The Morgan fingerprint density at radius 3 is 2.59 bits per heavy atom. The van der Waals surface area contributed by atoms with E-state index >= 15 is 0 Å². The quantitative estimate of drug-likeness (QED) is 0.383. The molecule has 27 heavy (non-hydrogen) atoms. The molecule has 0 aliphatic heterocycles. The van der Waals surface area contributed by atoms with Crippen LogP contribution in [-0.2, 0) is 21.2 Å². The van der Waals surface area contributed by atoms with E-state index in [1.54, 1.807) is 19.4 Å². The van der Waals surface area contributed by atoms with Crippen molar-refractivity contribution in [1.29, 1.82) is 0 Å². The number of carbonyl (C=O) groups is 1. The van der Waals surface area contributed by atoms with Gasteiger partial charge in [-0.1, -0.05) is 18.7 Å². The molecule has 1 aromatic carbocycles. The Kier molecular flexibility index (Phi) is 7.82. The first-order valence-electron chi connectivity index (χ1n) is 7.66. The summed E-state index contributed by atoms with van der Waals surface area (Å²) in [5, 5.41) is 1.72. The number of rotatable bonds is 9. The summed E-state index contributed by atoms with van der Waals surface area (Å²) >= 11 is 0. The summed E-state index contributed by atoms with van der Waals surface area (Å²) in [6, 6.07) is 4.12. The summed E-state index contributed by atoms with van der Waals surface area (Å²) < 4.78 is 70.3. The highest BCUT2D eigenvalue weighted by atomic mass is 32.2. The highest BCUT2D eigenvalue weighted by molar-refractivity contribution is 7.90. The second-order valence-electron chi connectivity index (χ2n) is 5.54. The van der Waals surface area contributed by atoms with Crippen molar-refractivity contribution in [2.45, 2.75) is 17.5 Å². The fraction of sp³-hybridized carbons (Fsp3) is 0.375. The lowest BCUT2D eigenvalue weighted by atomic mass is 10.1. The van der Waals surface area contributed by atoms with E-state index in [0.29, 0.717) is 5.56 Å². The molecule has 0 atom stereocenters. The van der Waals surface area contributed by atoms with Gasteiger partial charge in [-0.15, -0.1) is 4.40 Å². The summed E-state index contributed by atoms with van der Waals surface area (Å²) in [5.74, 6) is -2.02. The zero-order chi connectivity index (χ0) is 20.7. The molecule has 0 radical (unpaired) electrons. The molecule has 0 spiro atoms. The summed E-state index contributed by atoms with van der Waals surface area (Å²) in [6.07, 6.45) is -2.45. The van der Waals surface area contributed by atoms with E-state index in [0.717, 1.165) is 6.34 Å². The van der Waals surface area contributed by atoms with Crippen LogP contribution in [0.3, 0.4) is 0 Å². The number of carbonyl (C=O) groups excluding carboxylic acids is 1. The van der Waals surface area contributed by atoms with E-state index in [1.165, 1.54) is 29.2 Å². The molecule has 7 nitrogen and oxygen atoms in total. The number of benzene rings is 1. The first-order valence-corrected chi connectivity index (χ1v) is 9.10. The maximum atomic E-state index is 12.4. The molecule has 1 rings (SSSR count). The highest BCUT2D eigenvalue weighted by Crippen LogP contribution is 2.27. The minimum absolute atomic E-state index is 0.0104. The van der Waals surface area contributed by atoms with Gasteiger partial charge in [-0.05, 0) is 24.1 Å². The fourth-order valence-corrected chi connectivity index (χ4v) is 2.92. The molecule has 1 amide bonds. The second kappa shape index (κ2) is 9.40. The molecule has 0 heterocycles. The van der Waals surface area contributed by atoms with Crippen LogP contribution in [0.25, 0.3) is 0 Å². The minimum atomic E-state index is -4.97. The molecular weight excluding hydrogens is 387 g/mol. The summed E-state index contributed by atoms with van der Waals surface area (Å²) in [4.78, 5) is 12.0. The number of amides is 1. The van der Waals surface area contributed by atoms with Crippen LogP contribution >= 0.6 is 0 Å². The van der Waals surface area contributed by atoms with Gasteiger partial charge in [0.15, 0.2) is 0 Å². The summed E-state index contributed by atoms with van der Waals surface area (Å²) in [7, 11) is -0.920. The smallest absolute Gasteiger partial charge is 0.471 e. The summed E-state index contributed by atoms with van der Waals surface area (Å²) in [6.45, 7) is 3.22. The normalized spacial score (nSPS) is 12.0. The number of hydrogen-bond acceptors (Lipinski definition) is 4. The van der Waals surface area contributed by atoms with Crippen molar-refractivity contribution in [2.75, 3.05) is 27.2 Å². The van der Waals surface area contributed by atoms with Crippen LogP contribution in [0.2, 0.25) is 0 Å². The van der Waals surface area contributed by atoms with E-state index in [-0.39, 0.29) is 30.2 Å². The van der Waals surface area contributed by atoms with Crippen LogP contribution in [0, 0.1) is 0 Å². The van der Waals surface area contributed by atoms with Gasteiger partial charge in [-0.25, -0.2) is 0 Å². The predicted molar refractivity (Wildman–Crippen MR) is 94.3 cm³/mol. The fourth-order valence-electron chi connectivity index (χ4n) is 1.81. The number of halogens is 3. The average Bonchev–Trinajstić information content (AvgIpc) is 2.57. The molecule has 1 aromatic rings. The van der Waals surface area contributed by atoms with Crippen molar-refractivity contribution in [2.24, 2.45) is 4.40 Å². The Labute approximate surface area is 155 Å². The third-order valence-corrected chi connectivity index (χ3v) is 4.26. The van der Waals surface area contributed by atoms with Gasteiger partial charge in [-0.2, -0.15) is 21.6 Å². The SMILES string of the molecule is C=CCOc1ccc(CCNC(=O)C(F)(F)F)cc1S(=O)(=O)/N=C/N(C)C. The molecule has 0 saturated carbocycles. The lowest BCUT2D eigenvalue weighted by Gasteiger charge is -2.12. The highest BCUT2D eigenvalue weighted by Gasteiger charge is 2.38. The largest absolute Gasteiger partial charge is 0.488 e. The Morgan fingerprint density at radius 1 is 1.37 bits per heavy atom. The lowest BCUT2D eigenvalue weighted by Crippen LogP contribution is -2.37. The van der Waals surface area contributed by atoms with Crippen molar-refractivity contribution in [3.05, 3.63) is 36.4 Å². The van der Waals surface area contributed by atoms with Crippen LogP contribution < -0.4 is 10.1 Å². The molecule has 11 heteroatoms. The molecule has 0 fully saturated rings. The van der Waals surface area contributed by atoms with Gasteiger partial charge in [0.05, 0.1) is 0 Å². The third-order valence-electron chi connectivity index (χ3n) is 3.02. The van der Waals surface area contributed by atoms with Crippen molar-refractivity contribution in [3.8, 4) is 5.75 Å². The molecule has 0 aliphatic carbocycles. The van der Waals surface area contributed by atoms with Crippen molar-refractivity contribution < 1.29 is 31.1 Å². The number of nitrogens with one attached hydrogen (secondary N) is 1. The van der Waals surface area contributed by atoms with Gasteiger partial charge in [0.2, 0.25) is 0 Å². The molecule has 0 aromatic heterocycles. The van der Waals surface area contributed by atoms with Crippen LogP contribution in [0.5, 0.6) is 5.75 Å². The van der Waals surface area contributed by atoms with Gasteiger partial charge >= 0.3 is 12.1 Å². The maximum absolute atomic E-state index is 12.4. The zero-order valence-electron chi connectivity index (χ0n) is 14.8. The third kappa shape index (κ3) is 7.29. The molecule has 0 saturated heterocycles. The Balaban J connectivity index is 3.06. The zero-order valence-corrected chi connectivity index (χ0v) is 15.6. The molecule has 0 bridgehead atoms. The second-order valence-corrected chi connectivity index (χ2v) is 7.14. The first kappa shape index (κ1) is 22.5. The van der Waals surface area contributed by atoms with Crippen molar-refractivity contribution in [3.63, 3.8) is 0 Å². The average molecular weight is 407 g/mol. The standard InChI is InChI=1S/C16H20F3N3O4S/c1-4-9-26-13-6-5-12(7-8-20-15(23)16(17,18)19)10-14(13)27(24,25)21-11-22(2)3/h4-6,10-11H,1,7-9H2,2-3H3,(H,20,23)/b21-11+. The Hall–Kier alpha value is -2.56. The van der Waals surface area contributed by atoms with Crippen LogP contribution in [-0.4, -0.2) is 59.0 Å². The number of alkyl halides is 3. The topological polar surface area (TPSA) is 88.1 Å². The van der Waals surface area contributed by atoms with Gasteiger partial charge in [0.25, 0.3) is 10.0 Å². The maximum Gasteiger partial charge on any atom is 0.471 e. The van der Waals surface area contributed by atoms with Crippen LogP contribution in [0.15, 0.2) is 40.1 Å². The van der Waals surface area contributed by atoms with Crippen molar-refractivity contribution >= 4 is 22.3 Å². The van der Waals surface area contributed by atoms with E-state index in [1.807, 2.05) is 0 Å². The van der Waals surface area contributed by atoms with E-state index < -0.39 is 22.1 Å². The molecular formula is C16H20F3N3O4S. The molecule has 0 unspecified atom stereocenters. The number of ether oxygens (including phenoxy) is 1. The van der Waals surface area contributed by atoms with Crippen LogP contribution in [0.4, 0.5) is 13.2 Å². The number of nitrogens with zero attached hydrogens (tertiary/aromatic N) is 2. The Bertz CT molecular complexity index is 806. The lowest BCUT2D eigenvalue weighted by molar-refractivity contribution is -0.173. The van der Waals surface area contributed by atoms with Gasteiger partial charge in [0, 0.05) is 20.6 Å². The van der Waals surface area contributed by atoms with Gasteiger partial charge < -0.3 is 15.0 Å². The first-order chi connectivity index (χ1) is 12.5. The molecule has 0 aliphatic rings. The molecule has 1 N–H and O–H groups in total. The van der Waals surface area contributed by atoms with Gasteiger partial charge in [-0.3, -0.25) is 4.79 Å². The van der Waals surface area contributed by atoms with Gasteiger partial charge in [0.1, 0.15) is 23.6 Å². The minimum Gasteiger partial charge on any atom is -0.488 e. The van der Waals surface area contributed by atoms with E-state index in [9.17, 15) is 26.4 Å². The monoisotopic (exact) mass is 407 g/mol. The van der Waals surface area contributed by atoms with E-state index in [2.05, 4.69) is 11.0 Å². The van der Waals surface area contributed by atoms with Crippen LogP contribution in [0.1, 0.15) is 5.56 Å². The van der Waals surface area contributed by atoms with E-state index in [4.69, 9.17) is 4.74 Å². The number of sulfonamides is 1. The Morgan fingerprint density at radius 2 is 2.04 bits per heavy atom. The number of hydrogen-bond donors (Lipinski definition) is 1.